The summed E-state index contributed by atoms with van der Waals surface area (Å²) in [6.07, 6.45) is 2.68. The summed E-state index contributed by atoms with van der Waals surface area (Å²) in [7, 11) is 0. The van der Waals surface area contributed by atoms with E-state index in [4.69, 9.17) is 4.74 Å². The van der Waals surface area contributed by atoms with Crippen LogP contribution < -0.4 is 10.1 Å². The summed E-state index contributed by atoms with van der Waals surface area (Å²) >= 11 is 0.834. The highest BCUT2D eigenvalue weighted by Crippen LogP contribution is 2.32. The second-order valence-electron chi connectivity index (χ2n) is 7.04. The number of rotatable bonds is 7. The molecule has 1 atom stereocenters. The zero-order valence-corrected chi connectivity index (χ0v) is 18.0. The molecule has 0 spiro atoms. The number of para-hydroxylation sites is 1. The lowest BCUT2D eigenvalue weighted by Gasteiger charge is -2.13. The number of aryl methyl sites for hydroxylation is 1. The maximum Gasteiger partial charge on any atom is 0.294 e. The summed E-state index contributed by atoms with van der Waals surface area (Å²) in [5.74, 6) is -0.133. The first-order chi connectivity index (χ1) is 14.4. The average Bonchev–Trinajstić information content (AvgIpc) is 2.98. The van der Waals surface area contributed by atoms with Crippen LogP contribution >= 0.6 is 11.8 Å². The van der Waals surface area contributed by atoms with Gasteiger partial charge in [0.15, 0.2) is 0 Å². The second-order valence-corrected chi connectivity index (χ2v) is 8.03. The van der Waals surface area contributed by atoms with Gasteiger partial charge in [-0.3, -0.25) is 19.3 Å². The molecule has 6 nitrogen and oxygen atoms in total. The summed E-state index contributed by atoms with van der Waals surface area (Å²) in [4.78, 5) is 38.5. The Morgan fingerprint density at radius 3 is 2.53 bits per heavy atom. The first-order valence-electron chi connectivity index (χ1n) is 9.75. The minimum absolute atomic E-state index is 0.123. The van der Waals surface area contributed by atoms with Gasteiger partial charge in [-0.2, -0.15) is 0 Å². The van der Waals surface area contributed by atoms with Crippen LogP contribution in [0.4, 0.5) is 10.5 Å². The maximum atomic E-state index is 12.6. The highest BCUT2D eigenvalue weighted by molar-refractivity contribution is 8.18. The van der Waals surface area contributed by atoms with Crippen molar-refractivity contribution in [3.05, 3.63) is 64.6 Å². The standard InChI is InChI=1S/C23H24N2O4S/c1-4-16(3)29-18-11-9-17(10-12-18)13-20-22(27)25(23(28)30-20)14-21(26)24-19-8-6-5-7-15(19)2/h5-13,16H,4,14H2,1-3H3,(H,24,26)/b20-13+. The maximum absolute atomic E-state index is 12.6. The van der Waals surface area contributed by atoms with Gasteiger partial charge in [-0.1, -0.05) is 37.3 Å². The van der Waals surface area contributed by atoms with Crippen molar-refractivity contribution in [3.63, 3.8) is 0 Å². The van der Waals surface area contributed by atoms with E-state index in [2.05, 4.69) is 12.2 Å². The number of hydrogen-bond acceptors (Lipinski definition) is 5. The molecule has 1 aliphatic rings. The molecule has 1 saturated heterocycles. The van der Waals surface area contributed by atoms with E-state index in [1.54, 1.807) is 12.1 Å². The molecule has 0 saturated carbocycles. The van der Waals surface area contributed by atoms with Crippen LogP contribution in [0.3, 0.4) is 0 Å². The van der Waals surface area contributed by atoms with Crippen molar-refractivity contribution in [1.82, 2.24) is 4.90 Å². The lowest BCUT2D eigenvalue weighted by Crippen LogP contribution is -2.36. The highest BCUT2D eigenvalue weighted by atomic mass is 32.2. The third-order valence-electron chi connectivity index (χ3n) is 4.68. The molecule has 2 aromatic carbocycles. The van der Waals surface area contributed by atoms with Crippen LogP contribution in [0.25, 0.3) is 6.08 Å². The van der Waals surface area contributed by atoms with Crippen LogP contribution in [-0.4, -0.2) is 34.6 Å². The molecule has 2 aromatic rings. The molecule has 7 heteroatoms. The molecular formula is C23H24N2O4S. The zero-order valence-electron chi connectivity index (χ0n) is 17.2. The molecule has 3 rings (SSSR count). The van der Waals surface area contributed by atoms with Gasteiger partial charge in [0.1, 0.15) is 12.3 Å². The van der Waals surface area contributed by atoms with E-state index >= 15 is 0 Å². The van der Waals surface area contributed by atoms with Gasteiger partial charge >= 0.3 is 0 Å². The van der Waals surface area contributed by atoms with Crippen molar-refractivity contribution < 1.29 is 19.1 Å². The topological polar surface area (TPSA) is 75.7 Å². The van der Waals surface area contributed by atoms with E-state index in [-0.39, 0.29) is 12.6 Å². The fraction of sp³-hybridized carbons (Fsp3) is 0.261. The molecule has 0 bridgehead atoms. The van der Waals surface area contributed by atoms with E-state index in [1.807, 2.05) is 56.3 Å². The number of anilines is 1. The molecule has 0 aliphatic carbocycles. The number of hydrogen-bond donors (Lipinski definition) is 1. The Bertz CT molecular complexity index is 985. The van der Waals surface area contributed by atoms with Crippen LogP contribution in [0.15, 0.2) is 53.4 Å². The second kappa shape index (κ2) is 9.63. The van der Waals surface area contributed by atoms with E-state index in [0.29, 0.717) is 10.6 Å². The molecule has 1 N–H and O–H groups in total. The Morgan fingerprint density at radius 1 is 1.17 bits per heavy atom. The number of amides is 3. The summed E-state index contributed by atoms with van der Waals surface area (Å²) in [6.45, 7) is 5.60. The number of thioether (sulfide) groups is 1. The third-order valence-corrected chi connectivity index (χ3v) is 5.59. The van der Waals surface area contributed by atoms with Crippen molar-refractivity contribution in [2.75, 3.05) is 11.9 Å². The van der Waals surface area contributed by atoms with Gasteiger partial charge < -0.3 is 10.1 Å². The number of nitrogens with zero attached hydrogens (tertiary/aromatic N) is 1. The average molecular weight is 425 g/mol. The van der Waals surface area contributed by atoms with Gasteiger partial charge in [-0.15, -0.1) is 0 Å². The van der Waals surface area contributed by atoms with E-state index in [9.17, 15) is 14.4 Å². The van der Waals surface area contributed by atoms with Gasteiger partial charge in [0.2, 0.25) is 5.91 Å². The number of nitrogens with one attached hydrogen (secondary N) is 1. The molecule has 0 aromatic heterocycles. The molecule has 156 valence electrons. The number of benzene rings is 2. The third kappa shape index (κ3) is 5.30. The summed E-state index contributed by atoms with van der Waals surface area (Å²) in [6, 6.07) is 14.6. The van der Waals surface area contributed by atoms with Gasteiger partial charge in [-0.05, 0) is 67.4 Å². The number of carbonyl (C=O) groups is 3. The van der Waals surface area contributed by atoms with Crippen LogP contribution in [-0.2, 0) is 9.59 Å². The normalized spacial score (nSPS) is 16.1. The van der Waals surface area contributed by atoms with Gasteiger partial charge in [-0.25, -0.2) is 0 Å². The van der Waals surface area contributed by atoms with Crippen LogP contribution in [0.1, 0.15) is 31.4 Å². The summed E-state index contributed by atoms with van der Waals surface area (Å²) in [5.41, 5.74) is 2.34. The molecular weight excluding hydrogens is 400 g/mol. The zero-order chi connectivity index (χ0) is 21.7. The predicted octanol–water partition coefficient (Wildman–Crippen LogP) is 4.85. The minimum atomic E-state index is -0.468. The summed E-state index contributed by atoms with van der Waals surface area (Å²) in [5, 5.41) is 2.29. The minimum Gasteiger partial charge on any atom is -0.491 e. The first kappa shape index (κ1) is 21.6. The fourth-order valence-electron chi connectivity index (χ4n) is 2.79. The lowest BCUT2D eigenvalue weighted by atomic mass is 10.2. The van der Waals surface area contributed by atoms with Crippen molar-refractivity contribution >= 4 is 40.6 Å². The Hall–Kier alpha value is -3.06. The summed E-state index contributed by atoms with van der Waals surface area (Å²) < 4.78 is 5.75. The molecule has 1 heterocycles. The van der Waals surface area contributed by atoms with Crippen LogP contribution in [0, 0.1) is 6.92 Å². The Morgan fingerprint density at radius 2 is 1.87 bits per heavy atom. The van der Waals surface area contributed by atoms with E-state index in [0.717, 1.165) is 40.0 Å². The molecule has 1 unspecified atom stereocenters. The smallest absolute Gasteiger partial charge is 0.294 e. The van der Waals surface area contributed by atoms with Crippen molar-refractivity contribution in [3.8, 4) is 5.75 Å². The van der Waals surface area contributed by atoms with Crippen molar-refractivity contribution in [1.29, 1.82) is 0 Å². The van der Waals surface area contributed by atoms with Crippen molar-refractivity contribution in [2.24, 2.45) is 0 Å². The Kier molecular flexibility index (Phi) is 6.95. The lowest BCUT2D eigenvalue weighted by molar-refractivity contribution is -0.127. The molecule has 30 heavy (non-hydrogen) atoms. The van der Waals surface area contributed by atoms with Crippen LogP contribution in [0.5, 0.6) is 5.75 Å². The highest BCUT2D eigenvalue weighted by Gasteiger charge is 2.36. The van der Waals surface area contributed by atoms with E-state index < -0.39 is 17.1 Å². The first-order valence-corrected chi connectivity index (χ1v) is 10.6. The predicted molar refractivity (Wildman–Crippen MR) is 119 cm³/mol. The van der Waals surface area contributed by atoms with Crippen molar-refractivity contribution in [2.45, 2.75) is 33.3 Å². The van der Waals surface area contributed by atoms with Crippen LogP contribution in [0.2, 0.25) is 0 Å². The Labute approximate surface area is 180 Å². The molecule has 0 radical (unpaired) electrons. The quantitative estimate of drug-likeness (QED) is 0.643. The van der Waals surface area contributed by atoms with Gasteiger partial charge in [0, 0.05) is 5.69 Å². The number of imide groups is 1. The Balaban J connectivity index is 1.65. The van der Waals surface area contributed by atoms with E-state index in [1.165, 1.54) is 0 Å². The SMILES string of the molecule is CCC(C)Oc1ccc(/C=C2/SC(=O)N(CC(=O)Nc3ccccc3C)C2=O)cc1. The number of carbonyl (C=O) groups excluding carboxylic acids is 3. The van der Waals surface area contributed by atoms with Gasteiger partial charge in [0.05, 0.1) is 11.0 Å². The molecule has 1 fully saturated rings. The fourth-order valence-corrected chi connectivity index (χ4v) is 3.63. The molecule has 3 amide bonds. The number of ether oxygens (including phenoxy) is 1. The van der Waals surface area contributed by atoms with Gasteiger partial charge in [0.25, 0.3) is 11.1 Å². The largest absolute Gasteiger partial charge is 0.491 e. The monoisotopic (exact) mass is 424 g/mol. The molecule has 1 aliphatic heterocycles.